The van der Waals surface area contributed by atoms with Crippen molar-refractivity contribution in [2.45, 2.75) is 51.4 Å². The van der Waals surface area contributed by atoms with Gasteiger partial charge in [0.1, 0.15) is 5.69 Å². The lowest BCUT2D eigenvalue weighted by molar-refractivity contribution is -0.122. The minimum Gasteiger partial charge on any atom is -0.356 e. The van der Waals surface area contributed by atoms with Crippen molar-refractivity contribution >= 4 is 11.8 Å². The van der Waals surface area contributed by atoms with Crippen molar-refractivity contribution in [3.63, 3.8) is 0 Å². The summed E-state index contributed by atoms with van der Waals surface area (Å²) in [7, 11) is 0. The van der Waals surface area contributed by atoms with Crippen LogP contribution in [0.3, 0.4) is 0 Å². The Balaban J connectivity index is 1.19. The average molecular weight is 497 g/mol. The largest absolute Gasteiger partial charge is 0.356 e. The van der Waals surface area contributed by atoms with Gasteiger partial charge in [-0.1, -0.05) is 60.2 Å². The third-order valence-corrected chi connectivity index (χ3v) is 7.54. The summed E-state index contributed by atoms with van der Waals surface area (Å²) < 4.78 is 1.79. The first-order chi connectivity index (χ1) is 18.2. The van der Waals surface area contributed by atoms with E-state index in [4.69, 9.17) is 5.10 Å². The molecule has 2 aliphatic rings. The van der Waals surface area contributed by atoms with E-state index >= 15 is 0 Å². The van der Waals surface area contributed by atoms with Crippen LogP contribution >= 0.6 is 0 Å². The highest BCUT2D eigenvalue weighted by Gasteiger charge is 2.28. The predicted octanol–water partition coefficient (Wildman–Crippen LogP) is 5.79. The molecule has 37 heavy (non-hydrogen) atoms. The van der Waals surface area contributed by atoms with Crippen LogP contribution in [0.5, 0.6) is 0 Å². The molecule has 1 N–H and O–H groups in total. The number of para-hydroxylation sites is 1. The van der Waals surface area contributed by atoms with Crippen LogP contribution in [0.25, 0.3) is 16.9 Å². The zero-order chi connectivity index (χ0) is 25.5. The average Bonchev–Trinajstić information content (AvgIpc) is 3.40. The normalized spacial score (nSPS) is 16.3. The first kappa shape index (κ1) is 25.0. The fraction of sp³-hybridized carbons (Fsp3) is 0.387. The summed E-state index contributed by atoms with van der Waals surface area (Å²) in [5, 5.41) is 7.91. The molecule has 0 radical (unpaired) electrons. The van der Waals surface area contributed by atoms with Crippen molar-refractivity contribution < 1.29 is 9.59 Å². The van der Waals surface area contributed by atoms with Crippen molar-refractivity contribution in [1.29, 1.82) is 0 Å². The van der Waals surface area contributed by atoms with Gasteiger partial charge in [0.25, 0.3) is 5.91 Å². The Morgan fingerprint density at radius 1 is 0.946 bits per heavy atom. The molecule has 1 aliphatic carbocycles. The maximum absolute atomic E-state index is 13.6. The van der Waals surface area contributed by atoms with Crippen molar-refractivity contribution in [2.24, 2.45) is 5.92 Å². The minimum absolute atomic E-state index is 0.00434. The summed E-state index contributed by atoms with van der Waals surface area (Å²) >= 11 is 0. The molecule has 0 spiro atoms. The number of nitrogens with one attached hydrogen (secondary N) is 1. The lowest BCUT2D eigenvalue weighted by atomic mass is 9.92. The number of hydrogen-bond acceptors (Lipinski definition) is 3. The lowest BCUT2D eigenvalue weighted by Gasteiger charge is -2.31. The molecular formula is C31H36N4O2. The van der Waals surface area contributed by atoms with Gasteiger partial charge in [0.05, 0.1) is 11.3 Å². The molecule has 2 amide bonds. The second kappa shape index (κ2) is 12.0. The van der Waals surface area contributed by atoms with E-state index in [2.05, 4.69) is 11.4 Å². The molecule has 0 atom stereocenters. The van der Waals surface area contributed by atoms with Crippen molar-refractivity contribution in [1.82, 2.24) is 20.0 Å². The Morgan fingerprint density at radius 2 is 1.68 bits per heavy atom. The number of carbonyl (C=O) groups is 2. The lowest BCUT2D eigenvalue weighted by Crippen LogP contribution is -2.39. The van der Waals surface area contributed by atoms with Gasteiger partial charge in [0.2, 0.25) is 5.91 Å². The van der Waals surface area contributed by atoms with Crippen molar-refractivity contribution in [2.75, 3.05) is 19.6 Å². The molecule has 5 rings (SSSR count). The van der Waals surface area contributed by atoms with Crippen LogP contribution in [-0.4, -0.2) is 46.1 Å². The molecule has 1 aliphatic heterocycles. The Bertz CT molecular complexity index is 1220. The SMILES string of the molecule is O=C(CC1CCN(C(=O)c2cn(-c3ccccc3)nc2-c2ccccc2)CC1)NCCC1=CCCCC1. The summed E-state index contributed by atoms with van der Waals surface area (Å²) in [6, 6.07) is 19.8. The topological polar surface area (TPSA) is 67.2 Å². The van der Waals surface area contributed by atoms with E-state index in [9.17, 15) is 9.59 Å². The van der Waals surface area contributed by atoms with Gasteiger partial charge >= 0.3 is 0 Å². The number of allylic oxidation sites excluding steroid dienone is 1. The highest BCUT2D eigenvalue weighted by Crippen LogP contribution is 2.28. The number of amides is 2. The molecule has 0 saturated carbocycles. The summed E-state index contributed by atoms with van der Waals surface area (Å²) in [5.41, 5.74) is 4.65. The van der Waals surface area contributed by atoms with Gasteiger partial charge in [-0.3, -0.25) is 9.59 Å². The standard InChI is InChI=1S/C31H36N4O2/c36-29(32-19-16-24-10-4-1-5-11-24)22-25-17-20-34(21-18-25)31(37)28-23-35(27-14-8-3-9-15-27)33-30(28)26-12-6-2-7-13-26/h2-3,6-10,12-15,23,25H,1,4-5,11,16-22H2,(H,32,36). The maximum Gasteiger partial charge on any atom is 0.257 e. The highest BCUT2D eigenvalue weighted by molar-refractivity contribution is 6.00. The quantitative estimate of drug-likeness (QED) is 0.402. The van der Waals surface area contributed by atoms with Crippen LogP contribution in [0.1, 0.15) is 61.7 Å². The molecule has 1 aromatic heterocycles. The minimum atomic E-state index is 0.00434. The number of hydrogen-bond donors (Lipinski definition) is 1. The highest BCUT2D eigenvalue weighted by atomic mass is 16.2. The third kappa shape index (κ3) is 6.37. The van der Waals surface area contributed by atoms with Gasteiger partial charge in [-0.2, -0.15) is 5.10 Å². The Kier molecular flexibility index (Phi) is 8.14. The van der Waals surface area contributed by atoms with E-state index in [1.807, 2.05) is 71.8 Å². The number of aromatic nitrogens is 2. The smallest absolute Gasteiger partial charge is 0.257 e. The second-order valence-electron chi connectivity index (χ2n) is 10.2. The van der Waals surface area contributed by atoms with E-state index in [1.54, 1.807) is 4.68 Å². The first-order valence-corrected chi connectivity index (χ1v) is 13.6. The molecule has 6 heteroatoms. The monoisotopic (exact) mass is 496 g/mol. The number of piperidine rings is 1. The van der Waals surface area contributed by atoms with Crippen LogP contribution in [0, 0.1) is 5.92 Å². The van der Waals surface area contributed by atoms with Crippen LogP contribution in [-0.2, 0) is 4.79 Å². The Hall–Kier alpha value is -3.67. The first-order valence-electron chi connectivity index (χ1n) is 13.6. The van der Waals surface area contributed by atoms with Crippen molar-refractivity contribution in [3.05, 3.63) is 84.1 Å². The van der Waals surface area contributed by atoms with Gasteiger partial charge in [0.15, 0.2) is 0 Å². The number of benzene rings is 2. The van der Waals surface area contributed by atoms with E-state index in [0.29, 0.717) is 36.7 Å². The molecular weight excluding hydrogens is 460 g/mol. The second-order valence-corrected chi connectivity index (χ2v) is 10.2. The molecule has 1 fully saturated rings. The van der Waals surface area contributed by atoms with Gasteiger partial charge < -0.3 is 10.2 Å². The van der Waals surface area contributed by atoms with Crippen LogP contribution in [0.4, 0.5) is 0 Å². The summed E-state index contributed by atoms with van der Waals surface area (Å²) in [5.74, 6) is 0.458. The molecule has 1 saturated heterocycles. The zero-order valence-corrected chi connectivity index (χ0v) is 21.4. The molecule has 2 aromatic carbocycles. The predicted molar refractivity (Wildman–Crippen MR) is 146 cm³/mol. The van der Waals surface area contributed by atoms with Gasteiger partial charge in [-0.05, 0) is 63.0 Å². The van der Waals surface area contributed by atoms with Crippen LogP contribution in [0.15, 0.2) is 78.5 Å². The number of likely N-dealkylation sites (tertiary alicyclic amines) is 1. The van der Waals surface area contributed by atoms with E-state index in [-0.39, 0.29) is 11.8 Å². The summed E-state index contributed by atoms with van der Waals surface area (Å²) in [6.07, 6.45) is 12.3. The van der Waals surface area contributed by atoms with Gasteiger partial charge in [0, 0.05) is 37.8 Å². The molecule has 0 unspecified atom stereocenters. The molecule has 6 nitrogen and oxygen atoms in total. The summed E-state index contributed by atoms with van der Waals surface area (Å²) in [4.78, 5) is 28.1. The Labute approximate surface area is 219 Å². The fourth-order valence-corrected chi connectivity index (χ4v) is 5.39. The van der Waals surface area contributed by atoms with Gasteiger partial charge in [-0.25, -0.2) is 4.68 Å². The van der Waals surface area contributed by atoms with E-state index in [1.165, 1.54) is 31.3 Å². The maximum atomic E-state index is 13.6. The molecule has 2 heterocycles. The molecule has 3 aromatic rings. The Morgan fingerprint density at radius 3 is 2.38 bits per heavy atom. The number of nitrogens with zero attached hydrogens (tertiary/aromatic N) is 3. The van der Waals surface area contributed by atoms with E-state index in [0.717, 1.165) is 37.1 Å². The molecule has 0 bridgehead atoms. The summed E-state index contributed by atoms with van der Waals surface area (Å²) in [6.45, 7) is 2.05. The third-order valence-electron chi connectivity index (χ3n) is 7.54. The van der Waals surface area contributed by atoms with E-state index < -0.39 is 0 Å². The van der Waals surface area contributed by atoms with Crippen LogP contribution < -0.4 is 5.32 Å². The number of carbonyl (C=O) groups excluding carboxylic acids is 2. The van der Waals surface area contributed by atoms with Crippen LogP contribution in [0.2, 0.25) is 0 Å². The number of rotatable bonds is 8. The molecule has 192 valence electrons. The zero-order valence-electron chi connectivity index (χ0n) is 21.4. The van der Waals surface area contributed by atoms with Crippen molar-refractivity contribution in [3.8, 4) is 16.9 Å². The van der Waals surface area contributed by atoms with Gasteiger partial charge in [-0.15, -0.1) is 0 Å². The fourth-order valence-electron chi connectivity index (χ4n) is 5.39.